The average molecular weight is 402 g/mol. The number of hydrogen-bond acceptors (Lipinski definition) is 4. The van der Waals surface area contributed by atoms with Crippen LogP contribution in [0.25, 0.3) is 0 Å². The van der Waals surface area contributed by atoms with Crippen LogP contribution in [0.5, 0.6) is 5.75 Å². The molecule has 0 aromatic heterocycles. The molecule has 0 radical (unpaired) electrons. The molecular formula is C24H39N3O2. The molecule has 0 unspecified atom stereocenters. The second-order valence-corrected chi connectivity index (χ2v) is 8.42. The third kappa shape index (κ3) is 7.31. The van der Waals surface area contributed by atoms with Gasteiger partial charge in [-0.25, -0.2) is 0 Å². The number of carbonyl (C=O) groups is 1. The van der Waals surface area contributed by atoms with E-state index in [0.717, 1.165) is 50.4 Å². The van der Waals surface area contributed by atoms with Gasteiger partial charge in [-0.05, 0) is 95.5 Å². The first-order valence-corrected chi connectivity index (χ1v) is 11.7. The molecule has 5 nitrogen and oxygen atoms in total. The van der Waals surface area contributed by atoms with Gasteiger partial charge in [0.1, 0.15) is 12.4 Å². The predicted molar refractivity (Wildman–Crippen MR) is 119 cm³/mol. The summed E-state index contributed by atoms with van der Waals surface area (Å²) in [4.78, 5) is 19.1. The lowest BCUT2D eigenvalue weighted by molar-refractivity contribution is 0.0793. The Morgan fingerprint density at radius 3 is 1.93 bits per heavy atom. The van der Waals surface area contributed by atoms with E-state index in [9.17, 15) is 4.79 Å². The topological polar surface area (TPSA) is 36.0 Å². The van der Waals surface area contributed by atoms with Crippen LogP contribution in [0.4, 0.5) is 0 Å². The Morgan fingerprint density at radius 2 is 1.34 bits per heavy atom. The van der Waals surface area contributed by atoms with Crippen molar-refractivity contribution in [2.75, 3.05) is 59.0 Å². The summed E-state index contributed by atoms with van der Waals surface area (Å²) in [5.41, 5.74) is 0.769. The molecule has 0 bridgehead atoms. The molecule has 29 heavy (non-hydrogen) atoms. The van der Waals surface area contributed by atoms with Crippen LogP contribution >= 0.6 is 0 Å². The summed E-state index contributed by atoms with van der Waals surface area (Å²) in [5, 5.41) is 0. The van der Waals surface area contributed by atoms with Crippen molar-refractivity contribution in [2.24, 2.45) is 0 Å². The molecule has 3 heterocycles. The van der Waals surface area contributed by atoms with Crippen molar-refractivity contribution >= 4 is 5.91 Å². The second kappa shape index (κ2) is 12.2. The molecule has 162 valence electrons. The van der Waals surface area contributed by atoms with Gasteiger partial charge in [0.2, 0.25) is 0 Å². The molecule has 1 aromatic carbocycles. The van der Waals surface area contributed by atoms with E-state index in [-0.39, 0.29) is 5.91 Å². The zero-order valence-corrected chi connectivity index (χ0v) is 18.3. The van der Waals surface area contributed by atoms with Crippen LogP contribution in [0.15, 0.2) is 24.3 Å². The first kappa shape index (κ1) is 22.1. The second-order valence-electron chi connectivity index (χ2n) is 8.42. The third-order valence-electron chi connectivity index (χ3n) is 6.27. The largest absolute Gasteiger partial charge is 0.492 e. The van der Waals surface area contributed by atoms with Crippen LogP contribution in [0, 0.1) is 0 Å². The van der Waals surface area contributed by atoms with Gasteiger partial charge >= 0.3 is 0 Å². The molecule has 0 spiro atoms. The van der Waals surface area contributed by atoms with E-state index in [2.05, 4.69) is 16.7 Å². The number of likely N-dealkylation sites (tertiary alicyclic amines) is 3. The number of benzene rings is 1. The van der Waals surface area contributed by atoms with Crippen molar-refractivity contribution in [2.45, 2.75) is 51.9 Å². The number of hydrogen-bond donors (Lipinski definition) is 0. The Kier molecular flexibility index (Phi) is 9.29. The zero-order valence-electron chi connectivity index (χ0n) is 18.3. The molecule has 3 saturated heterocycles. The molecule has 3 fully saturated rings. The van der Waals surface area contributed by atoms with Crippen LogP contribution in [0.1, 0.15) is 62.2 Å². The van der Waals surface area contributed by atoms with Crippen molar-refractivity contribution in [1.82, 2.24) is 14.7 Å². The molecule has 5 heteroatoms. The van der Waals surface area contributed by atoms with Crippen LogP contribution in [-0.2, 0) is 0 Å². The standard InChI is InChI=1S/C18H26N2O2.C6H13N/c21-18(20-12-4-5-13-20)16-6-8-17(9-7-16)22-15-14-19-10-2-1-3-11-19;1-2-7-5-3-4-6-7/h6-9H,1-5,10-15H2;2-6H2,1H3. The molecule has 1 amide bonds. The predicted octanol–water partition coefficient (Wildman–Crippen LogP) is 3.89. The molecule has 0 saturated carbocycles. The number of carbonyl (C=O) groups excluding carboxylic acids is 1. The monoisotopic (exact) mass is 401 g/mol. The summed E-state index contributed by atoms with van der Waals surface area (Å²) in [5.74, 6) is 1.01. The minimum atomic E-state index is 0.150. The number of piperidine rings is 1. The van der Waals surface area contributed by atoms with E-state index in [1.165, 1.54) is 64.8 Å². The van der Waals surface area contributed by atoms with Crippen molar-refractivity contribution in [3.63, 3.8) is 0 Å². The highest BCUT2D eigenvalue weighted by atomic mass is 16.5. The molecule has 0 N–H and O–H groups in total. The first-order valence-electron chi connectivity index (χ1n) is 11.7. The molecule has 1 aromatic rings. The summed E-state index contributed by atoms with van der Waals surface area (Å²) in [6.45, 7) is 12.1. The maximum absolute atomic E-state index is 12.3. The first-order chi connectivity index (χ1) is 14.3. The van der Waals surface area contributed by atoms with Crippen molar-refractivity contribution in [1.29, 1.82) is 0 Å². The molecular weight excluding hydrogens is 362 g/mol. The summed E-state index contributed by atoms with van der Waals surface area (Å²) >= 11 is 0. The smallest absolute Gasteiger partial charge is 0.253 e. The summed E-state index contributed by atoms with van der Waals surface area (Å²) in [7, 11) is 0. The fourth-order valence-corrected chi connectivity index (χ4v) is 4.37. The lowest BCUT2D eigenvalue weighted by Crippen LogP contribution is -2.33. The zero-order chi connectivity index (χ0) is 20.3. The minimum absolute atomic E-state index is 0.150. The van der Waals surface area contributed by atoms with Gasteiger partial charge in [0.15, 0.2) is 0 Å². The highest BCUT2D eigenvalue weighted by Gasteiger charge is 2.19. The molecule has 3 aliphatic rings. The molecule has 0 aliphatic carbocycles. The van der Waals surface area contributed by atoms with Gasteiger partial charge < -0.3 is 14.5 Å². The van der Waals surface area contributed by atoms with Crippen LogP contribution in [-0.4, -0.2) is 79.6 Å². The van der Waals surface area contributed by atoms with Crippen molar-refractivity contribution in [3.8, 4) is 5.75 Å². The van der Waals surface area contributed by atoms with Gasteiger partial charge in [-0.2, -0.15) is 0 Å². The Hall–Kier alpha value is -1.59. The number of rotatable bonds is 6. The minimum Gasteiger partial charge on any atom is -0.492 e. The van der Waals surface area contributed by atoms with Crippen LogP contribution in [0.3, 0.4) is 0 Å². The fraction of sp³-hybridized carbons (Fsp3) is 0.708. The summed E-state index contributed by atoms with van der Waals surface area (Å²) in [6.07, 6.45) is 9.10. The Balaban J connectivity index is 0.000000290. The lowest BCUT2D eigenvalue weighted by Gasteiger charge is -2.26. The maximum Gasteiger partial charge on any atom is 0.253 e. The lowest BCUT2D eigenvalue weighted by atomic mass is 10.1. The normalized spacial score (nSPS) is 20.4. The highest BCUT2D eigenvalue weighted by molar-refractivity contribution is 5.94. The molecule has 0 atom stereocenters. The van der Waals surface area contributed by atoms with Crippen molar-refractivity contribution in [3.05, 3.63) is 29.8 Å². The van der Waals surface area contributed by atoms with E-state index in [1.807, 2.05) is 29.2 Å². The van der Waals surface area contributed by atoms with Gasteiger partial charge in [-0.3, -0.25) is 9.69 Å². The third-order valence-corrected chi connectivity index (χ3v) is 6.27. The van der Waals surface area contributed by atoms with Crippen LogP contribution in [0.2, 0.25) is 0 Å². The quantitative estimate of drug-likeness (QED) is 0.725. The Labute approximate surface area is 177 Å². The number of ether oxygens (including phenoxy) is 1. The van der Waals surface area contributed by atoms with E-state index >= 15 is 0 Å². The maximum atomic E-state index is 12.3. The number of nitrogens with zero attached hydrogens (tertiary/aromatic N) is 3. The van der Waals surface area contributed by atoms with Gasteiger partial charge in [0.05, 0.1) is 0 Å². The van der Waals surface area contributed by atoms with E-state index < -0.39 is 0 Å². The van der Waals surface area contributed by atoms with Gasteiger partial charge in [-0.1, -0.05) is 13.3 Å². The Bertz CT molecular complexity index is 587. The Morgan fingerprint density at radius 1 is 0.793 bits per heavy atom. The fourth-order valence-electron chi connectivity index (χ4n) is 4.37. The molecule has 3 aliphatic heterocycles. The molecule has 4 rings (SSSR count). The van der Waals surface area contributed by atoms with E-state index in [4.69, 9.17) is 4.74 Å². The van der Waals surface area contributed by atoms with Gasteiger partial charge in [0.25, 0.3) is 5.91 Å². The summed E-state index contributed by atoms with van der Waals surface area (Å²) in [6, 6.07) is 7.60. The SMILES string of the molecule is CCN1CCCC1.O=C(c1ccc(OCCN2CCCCC2)cc1)N1CCCC1. The highest BCUT2D eigenvalue weighted by Crippen LogP contribution is 2.17. The van der Waals surface area contributed by atoms with Gasteiger partial charge in [-0.15, -0.1) is 0 Å². The van der Waals surface area contributed by atoms with E-state index in [0.29, 0.717) is 0 Å². The van der Waals surface area contributed by atoms with Crippen molar-refractivity contribution < 1.29 is 9.53 Å². The van der Waals surface area contributed by atoms with E-state index in [1.54, 1.807) is 0 Å². The van der Waals surface area contributed by atoms with Crippen LogP contribution < -0.4 is 4.74 Å². The summed E-state index contributed by atoms with van der Waals surface area (Å²) < 4.78 is 5.80. The number of amides is 1. The average Bonchev–Trinajstić information content (AvgIpc) is 3.49. The van der Waals surface area contributed by atoms with Gasteiger partial charge in [0, 0.05) is 25.2 Å².